The van der Waals surface area contributed by atoms with Crippen molar-refractivity contribution in [1.82, 2.24) is 0 Å². The summed E-state index contributed by atoms with van der Waals surface area (Å²) in [5.41, 5.74) is 1.41. The molecule has 0 aliphatic heterocycles. The second-order valence-electron chi connectivity index (χ2n) is 6.87. The van der Waals surface area contributed by atoms with Gasteiger partial charge < -0.3 is 4.90 Å². The van der Waals surface area contributed by atoms with Gasteiger partial charge in [0.05, 0.1) is 0 Å². The number of benzene rings is 1. The minimum absolute atomic E-state index is 0.0991. The van der Waals surface area contributed by atoms with E-state index in [1.807, 2.05) is 44.2 Å². The quantitative estimate of drug-likeness (QED) is 0.796. The molecule has 1 aromatic carbocycles. The first-order valence-electron chi connectivity index (χ1n) is 7.95. The van der Waals surface area contributed by atoms with E-state index >= 15 is 0 Å². The number of ketones is 2. The van der Waals surface area contributed by atoms with E-state index in [0.717, 1.165) is 5.69 Å². The second-order valence-corrected chi connectivity index (χ2v) is 6.87. The molecule has 0 atom stereocenters. The molecule has 4 nitrogen and oxygen atoms in total. The molecule has 0 aromatic heterocycles. The van der Waals surface area contributed by atoms with Crippen LogP contribution in [0.4, 0.5) is 5.69 Å². The van der Waals surface area contributed by atoms with Crippen molar-refractivity contribution in [2.24, 2.45) is 5.41 Å². The Kier molecular flexibility index (Phi) is 4.88. The zero-order valence-corrected chi connectivity index (χ0v) is 14.8. The SMILES string of the molecule is CC1=CC(=O)C(C(C)(C)CC(=O)N(C)c2ccccc2)=C(C)C1=O. The van der Waals surface area contributed by atoms with Crippen LogP contribution in [-0.2, 0) is 14.4 Å². The first-order chi connectivity index (χ1) is 11.1. The van der Waals surface area contributed by atoms with Crippen LogP contribution in [-0.4, -0.2) is 24.5 Å². The molecule has 0 bridgehead atoms. The number of Topliss-reactive ketones (excluding diaryl/α,β-unsaturated/α-hetero) is 1. The zero-order chi connectivity index (χ0) is 18.1. The Morgan fingerprint density at radius 3 is 2.25 bits per heavy atom. The smallest absolute Gasteiger partial charge is 0.227 e. The normalized spacial score (nSPS) is 15.5. The van der Waals surface area contributed by atoms with Crippen molar-refractivity contribution in [3.8, 4) is 0 Å². The van der Waals surface area contributed by atoms with Gasteiger partial charge in [0.1, 0.15) is 0 Å². The van der Waals surface area contributed by atoms with E-state index in [-0.39, 0.29) is 23.9 Å². The molecule has 1 amide bonds. The molecule has 4 heteroatoms. The Morgan fingerprint density at radius 1 is 1.08 bits per heavy atom. The van der Waals surface area contributed by atoms with Crippen LogP contribution in [0.15, 0.2) is 53.1 Å². The molecule has 0 spiro atoms. The molecule has 0 saturated heterocycles. The van der Waals surface area contributed by atoms with Crippen molar-refractivity contribution in [2.75, 3.05) is 11.9 Å². The van der Waals surface area contributed by atoms with Crippen LogP contribution < -0.4 is 4.90 Å². The van der Waals surface area contributed by atoms with Crippen molar-refractivity contribution >= 4 is 23.2 Å². The predicted octanol–water partition coefficient (Wildman–Crippen LogP) is 3.48. The number of nitrogens with zero attached hydrogens (tertiary/aromatic N) is 1. The van der Waals surface area contributed by atoms with Crippen molar-refractivity contribution in [2.45, 2.75) is 34.1 Å². The fourth-order valence-corrected chi connectivity index (χ4v) is 3.15. The molecule has 0 radical (unpaired) electrons. The summed E-state index contributed by atoms with van der Waals surface area (Å²) in [6, 6.07) is 9.34. The first kappa shape index (κ1) is 17.9. The average Bonchev–Trinajstić information content (AvgIpc) is 2.52. The molecule has 0 fully saturated rings. The van der Waals surface area contributed by atoms with Crippen molar-refractivity contribution in [3.63, 3.8) is 0 Å². The summed E-state index contributed by atoms with van der Waals surface area (Å²) in [4.78, 5) is 38.8. The minimum atomic E-state index is -0.714. The number of carbonyl (C=O) groups excluding carboxylic acids is 3. The lowest BCUT2D eigenvalue weighted by Gasteiger charge is -2.31. The third-order valence-electron chi connectivity index (χ3n) is 4.46. The van der Waals surface area contributed by atoms with Crippen LogP contribution >= 0.6 is 0 Å². The highest BCUT2D eigenvalue weighted by atomic mass is 16.2. The van der Waals surface area contributed by atoms with Gasteiger partial charge >= 0.3 is 0 Å². The highest BCUT2D eigenvalue weighted by molar-refractivity contribution is 6.22. The Hall–Kier alpha value is -2.49. The van der Waals surface area contributed by atoms with Crippen LogP contribution in [0, 0.1) is 5.41 Å². The predicted molar refractivity (Wildman–Crippen MR) is 94.7 cm³/mol. The summed E-state index contributed by atoms with van der Waals surface area (Å²) >= 11 is 0. The third-order valence-corrected chi connectivity index (χ3v) is 4.46. The van der Waals surface area contributed by atoms with E-state index < -0.39 is 5.41 Å². The number of carbonyl (C=O) groups is 3. The number of rotatable bonds is 4. The fraction of sp³-hybridized carbons (Fsp3) is 0.350. The van der Waals surface area contributed by atoms with Gasteiger partial charge in [-0.3, -0.25) is 14.4 Å². The summed E-state index contributed by atoms with van der Waals surface area (Å²) < 4.78 is 0. The summed E-state index contributed by atoms with van der Waals surface area (Å²) in [6.45, 7) is 6.98. The highest BCUT2D eigenvalue weighted by Gasteiger charge is 2.36. The van der Waals surface area contributed by atoms with E-state index in [9.17, 15) is 14.4 Å². The van der Waals surface area contributed by atoms with Crippen LogP contribution in [0.3, 0.4) is 0 Å². The van der Waals surface area contributed by atoms with Gasteiger partial charge in [0.25, 0.3) is 0 Å². The maximum Gasteiger partial charge on any atom is 0.227 e. The molecule has 1 aliphatic rings. The summed E-state index contributed by atoms with van der Waals surface area (Å²) in [5.74, 6) is -0.399. The van der Waals surface area contributed by atoms with Crippen LogP contribution in [0.25, 0.3) is 0 Å². The van der Waals surface area contributed by atoms with E-state index in [1.165, 1.54) is 6.08 Å². The topological polar surface area (TPSA) is 54.5 Å². The van der Waals surface area contributed by atoms with Crippen molar-refractivity contribution in [3.05, 3.63) is 53.1 Å². The third kappa shape index (κ3) is 3.37. The van der Waals surface area contributed by atoms with Gasteiger partial charge in [-0.25, -0.2) is 0 Å². The van der Waals surface area contributed by atoms with Gasteiger partial charge in [0.15, 0.2) is 11.6 Å². The van der Waals surface area contributed by atoms with Crippen molar-refractivity contribution in [1.29, 1.82) is 0 Å². The summed E-state index contributed by atoms with van der Waals surface area (Å²) in [7, 11) is 1.72. The van der Waals surface area contributed by atoms with Gasteiger partial charge in [-0.1, -0.05) is 32.0 Å². The van der Waals surface area contributed by atoms with Gasteiger partial charge in [0, 0.05) is 41.3 Å². The minimum Gasteiger partial charge on any atom is -0.315 e. The number of amides is 1. The summed E-state index contributed by atoms with van der Waals surface area (Å²) in [5, 5.41) is 0. The molecule has 1 aliphatic carbocycles. The lowest BCUT2D eigenvalue weighted by molar-refractivity contribution is -0.120. The van der Waals surface area contributed by atoms with Gasteiger partial charge in [-0.05, 0) is 32.1 Å². The van der Waals surface area contributed by atoms with Gasteiger partial charge in [-0.2, -0.15) is 0 Å². The Balaban J connectivity index is 2.26. The Labute approximate surface area is 142 Å². The fourth-order valence-electron chi connectivity index (χ4n) is 3.15. The van der Waals surface area contributed by atoms with Crippen LogP contribution in [0.2, 0.25) is 0 Å². The molecular formula is C20H23NO3. The molecule has 0 saturated carbocycles. The van der Waals surface area contributed by atoms with E-state index in [4.69, 9.17) is 0 Å². The van der Waals surface area contributed by atoms with Crippen LogP contribution in [0.5, 0.6) is 0 Å². The molecule has 24 heavy (non-hydrogen) atoms. The number of allylic oxidation sites excluding steroid dienone is 4. The lowest BCUT2D eigenvalue weighted by Crippen LogP contribution is -2.35. The molecule has 0 heterocycles. The number of hydrogen-bond donors (Lipinski definition) is 0. The molecular weight excluding hydrogens is 302 g/mol. The highest BCUT2D eigenvalue weighted by Crippen LogP contribution is 2.37. The van der Waals surface area contributed by atoms with E-state index in [0.29, 0.717) is 16.7 Å². The lowest BCUT2D eigenvalue weighted by atomic mass is 9.73. The maximum absolute atomic E-state index is 12.7. The van der Waals surface area contributed by atoms with Crippen LogP contribution in [0.1, 0.15) is 34.1 Å². The maximum atomic E-state index is 12.7. The van der Waals surface area contributed by atoms with Gasteiger partial charge in [-0.15, -0.1) is 0 Å². The number of hydrogen-bond acceptors (Lipinski definition) is 3. The van der Waals surface area contributed by atoms with Crippen molar-refractivity contribution < 1.29 is 14.4 Å². The Morgan fingerprint density at radius 2 is 1.67 bits per heavy atom. The molecule has 2 rings (SSSR count). The number of para-hydroxylation sites is 1. The molecule has 0 unspecified atom stereocenters. The first-order valence-corrected chi connectivity index (χ1v) is 7.95. The Bertz CT molecular complexity index is 754. The number of anilines is 1. The summed E-state index contributed by atoms with van der Waals surface area (Å²) in [6.07, 6.45) is 1.52. The van der Waals surface area contributed by atoms with E-state index in [2.05, 4.69) is 0 Å². The molecule has 1 aromatic rings. The monoisotopic (exact) mass is 325 g/mol. The van der Waals surface area contributed by atoms with E-state index in [1.54, 1.807) is 25.8 Å². The van der Waals surface area contributed by atoms with Gasteiger partial charge in [0.2, 0.25) is 5.91 Å². The molecule has 0 N–H and O–H groups in total. The average molecular weight is 325 g/mol. The standard InChI is InChI=1S/C20H23NO3/c1-13-11-16(22)18(14(2)19(13)24)20(3,4)12-17(23)21(5)15-9-7-6-8-10-15/h6-11H,12H2,1-5H3. The molecule has 126 valence electrons. The second kappa shape index (κ2) is 6.56. The zero-order valence-electron chi connectivity index (χ0n) is 14.8. The largest absolute Gasteiger partial charge is 0.315 e.